The minimum atomic E-state index is -0.211. The van der Waals surface area contributed by atoms with Crippen LogP contribution in [0.4, 0.5) is 0 Å². The molecule has 0 unspecified atom stereocenters. The molecule has 0 bridgehead atoms. The molecule has 0 aromatic heterocycles. The molecule has 0 N–H and O–H groups in total. The highest BCUT2D eigenvalue weighted by Gasteiger charge is 2.41. The molecular formula is C20H22O5. The summed E-state index contributed by atoms with van der Waals surface area (Å²) >= 11 is 0. The molecule has 0 fully saturated rings. The van der Waals surface area contributed by atoms with Gasteiger partial charge in [-0.1, -0.05) is 18.2 Å². The molecule has 0 atom stereocenters. The van der Waals surface area contributed by atoms with E-state index in [0.717, 1.165) is 18.6 Å². The van der Waals surface area contributed by atoms with Gasteiger partial charge in [-0.25, -0.2) is 0 Å². The predicted octanol–water partition coefficient (Wildman–Crippen LogP) is 3.21. The number of hydrogen-bond acceptors (Lipinski definition) is 5. The lowest BCUT2D eigenvalue weighted by molar-refractivity contribution is -0.121. The smallest absolute Gasteiger partial charge is 0.228 e. The van der Waals surface area contributed by atoms with E-state index in [1.165, 1.54) is 14.2 Å². The van der Waals surface area contributed by atoms with Gasteiger partial charge in [0.2, 0.25) is 23.1 Å². The molecule has 132 valence electrons. The Labute approximate surface area is 147 Å². The van der Waals surface area contributed by atoms with Crippen molar-refractivity contribution in [3.63, 3.8) is 0 Å². The number of ether oxygens (including phenoxy) is 3. The van der Waals surface area contributed by atoms with E-state index < -0.39 is 0 Å². The van der Waals surface area contributed by atoms with Gasteiger partial charge in [0.1, 0.15) is 5.75 Å². The first-order valence-electron chi connectivity index (χ1n) is 8.47. The van der Waals surface area contributed by atoms with Crippen molar-refractivity contribution in [1.82, 2.24) is 0 Å². The van der Waals surface area contributed by atoms with Gasteiger partial charge in [-0.15, -0.1) is 0 Å². The zero-order chi connectivity index (χ0) is 17.8. The van der Waals surface area contributed by atoms with E-state index >= 15 is 0 Å². The molecule has 0 saturated carbocycles. The molecule has 25 heavy (non-hydrogen) atoms. The lowest BCUT2D eigenvalue weighted by atomic mass is 9.94. The van der Waals surface area contributed by atoms with Crippen LogP contribution in [0.25, 0.3) is 0 Å². The van der Waals surface area contributed by atoms with Crippen molar-refractivity contribution >= 4 is 11.6 Å². The standard InChI is InChI=1S/C20H22O5/c1-23-19-17(21)15-11-13(12-16(15)18(22)20(19)24-2)7-6-10-25-14-8-4-3-5-9-14/h3-5,8-9,13H,6-7,10-12H2,1-2H3. The van der Waals surface area contributed by atoms with Crippen molar-refractivity contribution in [2.45, 2.75) is 25.7 Å². The SMILES string of the molecule is COC1=C(OC)C(=O)C2=C(CC(CCCOc3ccccc3)C2)C1=O. The fourth-order valence-corrected chi connectivity index (χ4v) is 3.49. The number of carbonyl (C=O) groups is 2. The number of allylic oxidation sites excluding steroid dienone is 2. The minimum absolute atomic E-state index is 0.0271. The van der Waals surface area contributed by atoms with Gasteiger partial charge in [0.15, 0.2) is 0 Å². The van der Waals surface area contributed by atoms with Gasteiger partial charge in [0.25, 0.3) is 0 Å². The molecule has 5 nitrogen and oxygen atoms in total. The molecule has 2 aliphatic rings. The maximum absolute atomic E-state index is 12.5. The van der Waals surface area contributed by atoms with Crippen LogP contribution >= 0.6 is 0 Å². The van der Waals surface area contributed by atoms with Crippen molar-refractivity contribution in [2.75, 3.05) is 20.8 Å². The Morgan fingerprint density at radius 3 is 2.00 bits per heavy atom. The summed E-state index contributed by atoms with van der Waals surface area (Å²) < 4.78 is 15.9. The third-order valence-electron chi connectivity index (χ3n) is 4.69. The first-order valence-corrected chi connectivity index (χ1v) is 8.47. The second-order valence-corrected chi connectivity index (χ2v) is 6.26. The van der Waals surface area contributed by atoms with Crippen LogP contribution in [0.3, 0.4) is 0 Å². The molecule has 5 heteroatoms. The summed E-state index contributed by atoms with van der Waals surface area (Å²) in [6, 6.07) is 9.69. The van der Waals surface area contributed by atoms with Crippen LogP contribution in [-0.2, 0) is 19.1 Å². The van der Waals surface area contributed by atoms with Crippen LogP contribution in [0.1, 0.15) is 25.7 Å². The van der Waals surface area contributed by atoms with Crippen LogP contribution in [-0.4, -0.2) is 32.4 Å². The molecule has 2 aliphatic carbocycles. The van der Waals surface area contributed by atoms with E-state index in [2.05, 4.69) is 0 Å². The molecule has 0 amide bonds. The van der Waals surface area contributed by atoms with Crippen molar-refractivity contribution in [3.8, 4) is 5.75 Å². The number of para-hydroxylation sites is 1. The summed E-state index contributed by atoms with van der Waals surface area (Å²) in [4.78, 5) is 25.0. The van der Waals surface area contributed by atoms with E-state index in [-0.39, 0.29) is 29.0 Å². The van der Waals surface area contributed by atoms with Crippen LogP contribution < -0.4 is 4.74 Å². The van der Waals surface area contributed by atoms with Crippen molar-refractivity contribution in [1.29, 1.82) is 0 Å². The van der Waals surface area contributed by atoms with Gasteiger partial charge >= 0.3 is 0 Å². The Morgan fingerprint density at radius 1 is 0.920 bits per heavy atom. The number of methoxy groups -OCH3 is 2. The Morgan fingerprint density at radius 2 is 1.48 bits per heavy atom. The fraction of sp³-hybridized carbons (Fsp3) is 0.400. The van der Waals surface area contributed by atoms with E-state index in [9.17, 15) is 9.59 Å². The third-order valence-corrected chi connectivity index (χ3v) is 4.69. The highest BCUT2D eigenvalue weighted by Crippen LogP contribution is 2.41. The number of ketones is 2. The Balaban J connectivity index is 1.55. The molecule has 0 radical (unpaired) electrons. The molecule has 0 spiro atoms. The van der Waals surface area contributed by atoms with E-state index in [4.69, 9.17) is 14.2 Å². The first kappa shape index (κ1) is 17.3. The second-order valence-electron chi connectivity index (χ2n) is 6.26. The Hall–Kier alpha value is -2.56. The highest BCUT2D eigenvalue weighted by atomic mass is 16.5. The van der Waals surface area contributed by atoms with Crippen molar-refractivity contribution < 1.29 is 23.8 Å². The van der Waals surface area contributed by atoms with E-state index in [1.807, 2.05) is 30.3 Å². The average molecular weight is 342 g/mol. The minimum Gasteiger partial charge on any atom is -0.494 e. The lowest BCUT2D eigenvalue weighted by Gasteiger charge is -2.17. The van der Waals surface area contributed by atoms with Crippen LogP contribution in [0.5, 0.6) is 5.75 Å². The molecule has 0 aliphatic heterocycles. The fourth-order valence-electron chi connectivity index (χ4n) is 3.49. The van der Waals surface area contributed by atoms with E-state index in [0.29, 0.717) is 30.6 Å². The number of Topliss-reactive ketones (excluding diaryl/α,β-unsaturated/α-hetero) is 2. The van der Waals surface area contributed by atoms with Gasteiger partial charge in [-0.3, -0.25) is 9.59 Å². The van der Waals surface area contributed by atoms with Gasteiger partial charge in [-0.2, -0.15) is 0 Å². The number of benzene rings is 1. The molecular weight excluding hydrogens is 320 g/mol. The third kappa shape index (κ3) is 3.45. The Kier molecular flexibility index (Phi) is 5.22. The summed E-state index contributed by atoms with van der Waals surface area (Å²) in [6.07, 6.45) is 3.03. The van der Waals surface area contributed by atoms with Crippen molar-refractivity contribution in [2.24, 2.45) is 5.92 Å². The number of carbonyl (C=O) groups excluding carboxylic acids is 2. The first-order chi connectivity index (χ1) is 12.2. The molecule has 1 aromatic carbocycles. The maximum atomic E-state index is 12.5. The molecule has 1 aromatic rings. The number of rotatable bonds is 7. The summed E-state index contributed by atoms with van der Waals surface area (Å²) in [5, 5.41) is 0. The van der Waals surface area contributed by atoms with Gasteiger partial charge in [0, 0.05) is 11.1 Å². The second kappa shape index (κ2) is 7.55. The quantitative estimate of drug-likeness (QED) is 0.562. The van der Waals surface area contributed by atoms with Crippen LogP contribution in [0.2, 0.25) is 0 Å². The maximum Gasteiger partial charge on any atom is 0.228 e. The summed E-state index contributed by atoms with van der Waals surface area (Å²) in [7, 11) is 2.77. The molecule has 0 heterocycles. The summed E-state index contributed by atoms with van der Waals surface area (Å²) in [5.41, 5.74) is 1.19. The Bertz CT molecular complexity index is 692. The zero-order valence-electron chi connectivity index (χ0n) is 14.5. The van der Waals surface area contributed by atoms with Crippen LogP contribution in [0, 0.1) is 5.92 Å². The van der Waals surface area contributed by atoms with Gasteiger partial charge < -0.3 is 14.2 Å². The lowest BCUT2D eigenvalue weighted by Crippen LogP contribution is -2.23. The zero-order valence-corrected chi connectivity index (χ0v) is 14.5. The summed E-state index contributed by atoms with van der Waals surface area (Å²) in [5.74, 6) is 0.773. The van der Waals surface area contributed by atoms with Crippen LogP contribution in [0.15, 0.2) is 53.0 Å². The molecule has 0 saturated heterocycles. The largest absolute Gasteiger partial charge is 0.494 e. The molecule has 3 rings (SSSR count). The van der Waals surface area contributed by atoms with Crippen molar-refractivity contribution in [3.05, 3.63) is 53.0 Å². The normalized spacial score (nSPS) is 17.8. The predicted molar refractivity (Wildman–Crippen MR) is 92.0 cm³/mol. The monoisotopic (exact) mass is 342 g/mol. The topological polar surface area (TPSA) is 61.8 Å². The highest BCUT2D eigenvalue weighted by molar-refractivity contribution is 6.24. The van der Waals surface area contributed by atoms with Gasteiger partial charge in [-0.05, 0) is 43.7 Å². The average Bonchev–Trinajstić information content (AvgIpc) is 3.07. The number of hydrogen-bond donors (Lipinski definition) is 0. The van der Waals surface area contributed by atoms with E-state index in [1.54, 1.807) is 0 Å². The van der Waals surface area contributed by atoms with Gasteiger partial charge in [0.05, 0.1) is 20.8 Å². The summed E-state index contributed by atoms with van der Waals surface area (Å²) in [6.45, 7) is 0.623.